The molecule has 0 atom stereocenters. The van der Waals surface area contributed by atoms with Gasteiger partial charge in [-0.15, -0.1) is 0 Å². The molecule has 2 heterocycles. The molecular formula is C19H15ClN2O3. The van der Waals surface area contributed by atoms with Crippen molar-refractivity contribution >= 4 is 34.4 Å². The van der Waals surface area contributed by atoms with E-state index in [0.29, 0.717) is 30.1 Å². The Balaban J connectivity index is 1.70. The molecule has 2 N–H and O–H groups in total. The van der Waals surface area contributed by atoms with Gasteiger partial charge >= 0.3 is 5.97 Å². The predicted molar refractivity (Wildman–Crippen MR) is 95.2 cm³/mol. The minimum Gasteiger partial charge on any atom is -0.478 e. The average molecular weight is 355 g/mol. The molecular weight excluding hydrogens is 340 g/mol. The van der Waals surface area contributed by atoms with Crippen molar-refractivity contribution in [1.82, 2.24) is 9.88 Å². The van der Waals surface area contributed by atoms with Gasteiger partial charge in [0, 0.05) is 52.3 Å². The van der Waals surface area contributed by atoms with Crippen LogP contribution in [0.3, 0.4) is 0 Å². The highest BCUT2D eigenvalue weighted by Gasteiger charge is 2.25. The fraction of sp³-hybridized carbons (Fsp3) is 0.158. The van der Waals surface area contributed by atoms with E-state index in [2.05, 4.69) is 4.98 Å². The third kappa shape index (κ3) is 2.76. The number of nitrogens with zero attached hydrogens (tertiary/aromatic N) is 1. The van der Waals surface area contributed by atoms with Crippen molar-refractivity contribution in [3.05, 3.63) is 69.9 Å². The first kappa shape index (κ1) is 15.7. The molecule has 1 aliphatic heterocycles. The van der Waals surface area contributed by atoms with E-state index in [1.165, 1.54) is 0 Å². The van der Waals surface area contributed by atoms with Gasteiger partial charge in [0.2, 0.25) is 0 Å². The van der Waals surface area contributed by atoms with Gasteiger partial charge in [-0.1, -0.05) is 17.7 Å². The summed E-state index contributed by atoms with van der Waals surface area (Å²) in [5, 5.41) is 10.6. The molecule has 0 spiro atoms. The zero-order valence-corrected chi connectivity index (χ0v) is 14.0. The van der Waals surface area contributed by atoms with Gasteiger partial charge < -0.3 is 15.0 Å². The highest BCUT2D eigenvalue weighted by Crippen LogP contribution is 2.29. The van der Waals surface area contributed by atoms with Crippen LogP contribution < -0.4 is 0 Å². The van der Waals surface area contributed by atoms with E-state index in [4.69, 9.17) is 11.6 Å². The number of aromatic nitrogens is 1. The second kappa shape index (κ2) is 5.93. The van der Waals surface area contributed by atoms with E-state index in [0.717, 1.165) is 22.2 Å². The molecule has 126 valence electrons. The highest BCUT2D eigenvalue weighted by molar-refractivity contribution is 6.30. The molecule has 3 aromatic rings. The van der Waals surface area contributed by atoms with Crippen LogP contribution >= 0.6 is 11.6 Å². The van der Waals surface area contributed by atoms with Crippen LogP contribution in [0.1, 0.15) is 32.0 Å². The van der Waals surface area contributed by atoms with E-state index >= 15 is 0 Å². The monoisotopic (exact) mass is 354 g/mol. The molecule has 0 unspecified atom stereocenters. The Kier molecular flexibility index (Phi) is 3.73. The minimum atomic E-state index is -0.959. The van der Waals surface area contributed by atoms with Gasteiger partial charge in [-0.2, -0.15) is 0 Å². The Hall–Kier alpha value is -2.79. The Morgan fingerprint density at radius 1 is 1.12 bits per heavy atom. The summed E-state index contributed by atoms with van der Waals surface area (Å²) in [6, 6.07) is 11.9. The standard InChI is InChI=1S/C19H15ClN2O3/c20-13-3-1-2-11(8-13)18(23)22-7-6-17-15(10-22)14-9-12(19(24)25)4-5-16(14)21-17/h1-5,8-9,21H,6-7,10H2,(H,24,25). The number of H-pyrrole nitrogens is 1. The Bertz CT molecular complexity index is 1010. The third-order valence-electron chi connectivity index (χ3n) is 4.58. The molecule has 5 nitrogen and oxygen atoms in total. The number of nitrogens with one attached hydrogen (secondary N) is 1. The minimum absolute atomic E-state index is 0.0723. The van der Waals surface area contributed by atoms with Crippen LogP contribution in [-0.2, 0) is 13.0 Å². The second-order valence-electron chi connectivity index (χ2n) is 6.13. The van der Waals surface area contributed by atoms with E-state index in [-0.39, 0.29) is 11.5 Å². The van der Waals surface area contributed by atoms with Crippen LogP contribution in [0.15, 0.2) is 42.5 Å². The number of carbonyl (C=O) groups excluding carboxylic acids is 1. The van der Waals surface area contributed by atoms with Crippen LogP contribution in [0.4, 0.5) is 0 Å². The fourth-order valence-electron chi connectivity index (χ4n) is 3.32. The third-order valence-corrected chi connectivity index (χ3v) is 4.82. The number of carboxylic acids is 1. The number of aromatic carboxylic acids is 1. The molecule has 0 saturated heterocycles. The van der Waals surface area contributed by atoms with E-state index in [1.807, 2.05) is 0 Å². The van der Waals surface area contributed by atoms with E-state index < -0.39 is 5.97 Å². The number of rotatable bonds is 2. The van der Waals surface area contributed by atoms with Gasteiger partial charge in [0.05, 0.1) is 5.56 Å². The van der Waals surface area contributed by atoms with Crippen LogP contribution in [0.5, 0.6) is 0 Å². The molecule has 0 bridgehead atoms. The first-order valence-corrected chi connectivity index (χ1v) is 8.32. The number of halogens is 1. The summed E-state index contributed by atoms with van der Waals surface area (Å²) in [7, 11) is 0. The Morgan fingerprint density at radius 3 is 2.72 bits per heavy atom. The topological polar surface area (TPSA) is 73.4 Å². The molecule has 4 rings (SSSR count). The zero-order valence-electron chi connectivity index (χ0n) is 13.3. The maximum atomic E-state index is 12.8. The summed E-state index contributed by atoms with van der Waals surface area (Å²) in [6.45, 7) is 1.06. The summed E-state index contributed by atoms with van der Waals surface area (Å²) in [5.41, 5.74) is 3.74. The zero-order chi connectivity index (χ0) is 17.6. The lowest BCUT2D eigenvalue weighted by atomic mass is 10.0. The van der Waals surface area contributed by atoms with Crippen LogP contribution in [0.25, 0.3) is 10.9 Å². The van der Waals surface area contributed by atoms with Gasteiger partial charge in [-0.3, -0.25) is 4.79 Å². The van der Waals surface area contributed by atoms with Crippen molar-refractivity contribution in [2.45, 2.75) is 13.0 Å². The fourth-order valence-corrected chi connectivity index (χ4v) is 3.51. The number of carbonyl (C=O) groups is 2. The Morgan fingerprint density at radius 2 is 1.96 bits per heavy atom. The van der Waals surface area contributed by atoms with E-state index in [1.54, 1.807) is 47.4 Å². The molecule has 0 fully saturated rings. The first-order valence-electron chi connectivity index (χ1n) is 7.94. The molecule has 6 heteroatoms. The van der Waals surface area contributed by atoms with Crippen LogP contribution in [0, 0.1) is 0 Å². The quantitative estimate of drug-likeness (QED) is 0.736. The molecule has 0 saturated carbocycles. The first-order chi connectivity index (χ1) is 12.0. The van der Waals surface area contributed by atoms with Crippen molar-refractivity contribution in [2.75, 3.05) is 6.54 Å². The molecule has 1 amide bonds. The molecule has 1 aliphatic rings. The molecule has 2 aromatic carbocycles. The lowest BCUT2D eigenvalue weighted by molar-refractivity contribution is 0.0694. The number of hydrogen-bond donors (Lipinski definition) is 2. The maximum absolute atomic E-state index is 12.8. The van der Waals surface area contributed by atoms with Crippen molar-refractivity contribution in [2.24, 2.45) is 0 Å². The number of hydrogen-bond acceptors (Lipinski definition) is 2. The van der Waals surface area contributed by atoms with Crippen molar-refractivity contribution in [3.63, 3.8) is 0 Å². The second-order valence-corrected chi connectivity index (χ2v) is 6.57. The predicted octanol–water partition coefficient (Wildman–Crippen LogP) is 3.72. The van der Waals surface area contributed by atoms with Gasteiger partial charge in [0.1, 0.15) is 0 Å². The van der Waals surface area contributed by atoms with Crippen molar-refractivity contribution in [1.29, 1.82) is 0 Å². The smallest absolute Gasteiger partial charge is 0.335 e. The normalized spacial score (nSPS) is 13.7. The maximum Gasteiger partial charge on any atom is 0.335 e. The largest absolute Gasteiger partial charge is 0.478 e. The number of fused-ring (bicyclic) bond motifs is 3. The summed E-state index contributed by atoms with van der Waals surface area (Å²) in [4.78, 5) is 29.1. The average Bonchev–Trinajstić information content (AvgIpc) is 2.98. The lowest BCUT2D eigenvalue weighted by Gasteiger charge is -2.27. The molecule has 0 aliphatic carbocycles. The van der Waals surface area contributed by atoms with Gasteiger partial charge in [0.25, 0.3) is 5.91 Å². The summed E-state index contributed by atoms with van der Waals surface area (Å²) in [5.74, 6) is -1.03. The summed E-state index contributed by atoms with van der Waals surface area (Å²) < 4.78 is 0. The van der Waals surface area contributed by atoms with Crippen LogP contribution in [-0.4, -0.2) is 33.4 Å². The number of benzene rings is 2. The molecule has 25 heavy (non-hydrogen) atoms. The van der Waals surface area contributed by atoms with Gasteiger partial charge in [0.15, 0.2) is 0 Å². The number of aromatic amines is 1. The van der Waals surface area contributed by atoms with Crippen LogP contribution in [0.2, 0.25) is 5.02 Å². The molecule has 1 aromatic heterocycles. The lowest BCUT2D eigenvalue weighted by Crippen LogP contribution is -2.35. The number of carboxylic acid groups (broad SMARTS) is 1. The van der Waals surface area contributed by atoms with Crippen molar-refractivity contribution in [3.8, 4) is 0 Å². The van der Waals surface area contributed by atoms with Crippen molar-refractivity contribution < 1.29 is 14.7 Å². The van der Waals surface area contributed by atoms with Gasteiger partial charge in [-0.25, -0.2) is 4.79 Å². The summed E-state index contributed by atoms with van der Waals surface area (Å²) in [6.07, 6.45) is 0.707. The molecule has 0 radical (unpaired) electrons. The van der Waals surface area contributed by atoms with E-state index in [9.17, 15) is 14.7 Å². The Labute approximate surface area is 148 Å². The SMILES string of the molecule is O=C(O)c1ccc2[nH]c3c(c2c1)CN(C(=O)c1cccc(Cl)c1)CC3. The number of amides is 1. The summed E-state index contributed by atoms with van der Waals surface area (Å²) >= 11 is 5.99. The highest BCUT2D eigenvalue weighted by atomic mass is 35.5. The van der Waals surface area contributed by atoms with Gasteiger partial charge in [-0.05, 0) is 36.4 Å².